The second kappa shape index (κ2) is 19.1. The van der Waals surface area contributed by atoms with Crippen LogP contribution in [-0.4, -0.2) is 53.8 Å². The minimum atomic E-state index is -4.27. The van der Waals surface area contributed by atoms with Crippen LogP contribution in [0.1, 0.15) is 103 Å². The summed E-state index contributed by atoms with van der Waals surface area (Å²) in [6, 6.07) is 0. The van der Waals surface area contributed by atoms with Crippen LogP contribution in [0, 0.1) is 0 Å². The maximum absolute atomic E-state index is 10.5. The minimum absolute atomic E-state index is 0.160. The van der Waals surface area contributed by atoms with Crippen LogP contribution >= 0.6 is 20.5 Å². The van der Waals surface area contributed by atoms with Crippen molar-refractivity contribution in [2.24, 2.45) is 0 Å². The molecule has 5 nitrogen and oxygen atoms in total. The molecule has 0 bridgehead atoms. The fourth-order valence-corrected chi connectivity index (χ4v) is 4.30. The van der Waals surface area contributed by atoms with Crippen LogP contribution in [0.15, 0.2) is 0 Å². The summed E-state index contributed by atoms with van der Waals surface area (Å²) in [4.78, 5) is 17.2. The molecular weight excluding hydrogens is 405 g/mol. The molecular formula is C22H49NO4PS+. The lowest BCUT2D eigenvalue weighted by atomic mass is 10.1. The first-order chi connectivity index (χ1) is 13.8. The minimum Gasteiger partial charge on any atom is -0.328 e. The molecule has 0 saturated heterocycles. The summed E-state index contributed by atoms with van der Waals surface area (Å²) in [5.41, 5.74) is 0. The molecule has 0 atom stereocenters. The summed E-state index contributed by atoms with van der Waals surface area (Å²) >= 11 is 4.26. The van der Waals surface area contributed by atoms with Gasteiger partial charge in [-0.2, -0.15) is 12.6 Å². The number of phosphoric acid groups is 1. The predicted molar refractivity (Wildman–Crippen MR) is 128 cm³/mol. The van der Waals surface area contributed by atoms with Crippen LogP contribution in [0.25, 0.3) is 0 Å². The molecule has 0 aliphatic rings. The first kappa shape index (κ1) is 29.4. The lowest BCUT2D eigenvalue weighted by Gasteiger charge is -2.30. The second-order valence-corrected chi connectivity index (χ2v) is 10.8. The summed E-state index contributed by atoms with van der Waals surface area (Å²) in [6.45, 7) is 2.74. The van der Waals surface area contributed by atoms with Gasteiger partial charge in [-0.05, 0) is 44.3 Å². The zero-order valence-corrected chi connectivity index (χ0v) is 21.0. The predicted octanol–water partition coefficient (Wildman–Crippen LogP) is 6.34. The first-order valence-electron chi connectivity index (χ1n) is 11.9. The second-order valence-electron chi connectivity index (χ2n) is 9.09. The van der Waals surface area contributed by atoms with E-state index < -0.39 is 7.82 Å². The molecule has 0 saturated carbocycles. The van der Waals surface area contributed by atoms with Crippen molar-refractivity contribution in [1.29, 1.82) is 0 Å². The van der Waals surface area contributed by atoms with Gasteiger partial charge in [0.25, 0.3) is 0 Å². The van der Waals surface area contributed by atoms with E-state index in [2.05, 4.69) is 31.2 Å². The fourth-order valence-electron chi connectivity index (χ4n) is 3.71. The van der Waals surface area contributed by atoms with Crippen LogP contribution < -0.4 is 0 Å². The highest BCUT2D eigenvalue weighted by Gasteiger charge is 2.14. The Hall–Kier alpha value is 0.420. The molecule has 0 fully saturated rings. The van der Waals surface area contributed by atoms with Crippen molar-refractivity contribution in [3.05, 3.63) is 0 Å². The van der Waals surface area contributed by atoms with Crippen molar-refractivity contribution in [1.82, 2.24) is 0 Å². The highest BCUT2D eigenvalue weighted by molar-refractivity contribution is 7.80. The molecule has 0 spiro atoms. The summed E-state index contributed by atoms with van der Waals surface area (Å²) < 4.78 is 16.1. The van der Waals surface area contributed by atoms with Gasteiger partial charge in [-0.15, -0.1) is 0 Å². The fraction of sp³-hybridized carbons (Fsp3) is 1.00. The number of unbranched alkanes of at least 4 members (excludes halogenated alkanes) is 14. The zero-order valence-electron chi connectivity index (χ0n) is 19.2. The van der Waals surface area contributed by atoms with Gasteiger partial charge in [-0.3, -0.25) is 4.52 Å². The summed E-state index contributed by atoms with van der Waals surface area (Å²) in [5, 5.41) is 0. The topological polar surface area (TPSA) is 66.8 Å². The van der Waals surface area contributed by atoms with Crippen LogP contribution in [0.3, 0.4) is 0 Å². The number of nitrogens with zero attached hydrogens (tertiary/aromatic N) is 1. The molecule has 176 valence electrons. The lowest BCUT2D eigenvalue weighted by molar-refractivity contribution is -0.890. The number of hydrogen-bond donors (Lipinski definition) is 3. The molecule has 0 aromatic heterocycles. The Kier molecular flexibility index (Phi) is 19.4. The standard InChI is InChI=1S/C22H48NO4PS/c1-23(2,20-16-12-8-4-6-10-14-18-22-29)19-15-11-7-3-5-9-13-17-21-27-28(24,25)26/h3-22H2,1-2H3,(H2-,24,25,26,29)/p+1. The number of thiol groups is 1. The Balaban J connectivity index is 3.36. The van der Waals surface area contributed by atoms with Gasteiger partial charge in [0.15, 0.2) is 0 Å². The molecule has 0 amide bonds. The van der Waals surface area contributed by atoms with E-state index in [9.17, 15) is 4.57 Å². The third-order valence-electron chi connectivity index (χ3n) is 5.59. The van der Waals surface area contributed by atoms with Gasteiger partial charge in [0.1, 0.15) is 0 Å². The van der Waals surface area contributed by atoms with Crippen molar-refractivity contribution in [2.75, 3.05) is 39.5 Å². The molecule has 0 radical (unpaired) electrons. The van der Waals surface area contributed by atoms with E-state index in [1.54, 1.807) is 0 Å². The Morgan fingerprint density at radius 1 is 0.655 bits per heavy atom. The van der Waals surface area contributed by atoms with E-state index >= 15 is 0 Å². The summed E-state index contributed by atoms with van der Waals surface area (Å²) in [5.74, 6) is 1.03. The van der Waals surface area contributed by atoms with Gasteiger partial charge in [0.05, 0.1) is 33.8 Å². The number of quaternary nitrogens is 1. The maximum atomic E-state index is 10.5. The van der Waals surface area contributed by atoms with E-state index in [0.717, 1.165) is 29.5 Å². The molecule has 0 unspecified atom stereocenters. The summed E-state index contributed by atoms with van der Waals surface area (Å²) in [7, 11) is 0.469. The monoisotopic (exact) mass is 454 g/mol. The van der Waals surface area contributed by atoms with E-state index in [-0.39, 0.29) is 6.61 Å². The lowest BCUT2D eigenvalue weighted by Crippen LogP contribution is -2.41. The molecule has 0 aliphatic carbocycles. The normalized spacial score (nSPS) is 12.6. The van der Waals surface area contributed by atoms with Crippen molar-refractivity contribution in [3.63, 3.8) is 0 Å². The average molecular weight is 455 g/mol. The van der Waals surface area contributed by atoms with Gasteiger partial charge >= 0.3 is 7.82 Å². The van der Waals surface area contributed by atoms with Crippen LogP contribution in [0.2, 0.25) is 0 Å². The van der Waals surface area contributed by atoms with Crippen LogP contribution in [0.5, 0.6) is 0 Å². The van der Waals surface area contributed by atoms with Gasteiger partial charge in [-0.25, -0.2) is 4.57 Å². The number of rotatable bonds is 22. The smallest absolute Gasteiger partial charge is 0.328 e. The third-order valence-corrected chi connectivity index (χ3v) is 6.42. The first-order valence-corrected chi connectivity index (χ1v) is 14.1. The van der Waals surface area contributed by atoms with Crippen LogP contribution in [0.4, 0.5) is 0 Å². The SMILES string of the molecule is C[N+](C)(CCCCCCCCCCS)CCCCCCCCCCOP(=O)(O)O. The van der Waals surface area contributed by atoms with Crippen molar-refractivity contribution in [2.45, 2.75) is 103 Å². The quantitative estimate of drug-likeness (QED) is 0.0772. The Bertz CT molecular complexity index is 404. The largest absolute Gasteiger partial charge is 0.469 e. The molecule has 0 aromatic carbocycles. The zero-order chi connectivity index (χ0) is 21.8. The molecule has 0 aromatic rings. The van der Waals surface area contributed by atoms with Gasteiger partial charge in [0.2, 0.25) is 0 Å². The highest BCUT2D eigenvalue weighted by Crippen LogP contribution is 2.35. The van der Waals surface area contributed by atoms with E-state index in [0.29, 0.717) is 0 Å². The van der Waals surface area contributed by atoms with E-state index in [4.69, 9.17) is 9.79 Å². The summed E-state index contributed by atoms with van der Waals surface area (Å²) in [6.07, 6.45) is 20.2. The Morgan fingerprint density at radius 2 is 1.00 bits per heavy atom. The van der Waals surface area contributed by atoms with E-state index in [1.807, 2.05) is 0 Å². The van der Waals surface area contributed by atoms with Crippen molar-refractivity contribution in [3.8, 4) is 0 Å². The Labute approximate surface area is 186 Å². The van der Waals surface area contributed by atoms with Crippen molar-refractivity contribution >= 4 is 20.5 Å². The molecule has 0 rings (SSSR count). The molecule has 0 aliphatic heterocycles. The highest BCUT2D eigenvalue weighted by atomic mass is 32.1. The van der Waals surface area contributed by atoms with Crippen LogP contribution in [-0.2, 0) is 9.09 Å². The molecule has 0 heterocycles. The third kappa shape index (κ3) is 24.6. The molecule has 29 heavy (non-hydrogen) atoms. The molecule has 7 heteroatoms. The number of phosphoric ester groups is 1. The van der Waals surface area contributed by atoms with Gasteiger partial charge < -0.3 is 14.3 Å². The van der Waals surface area contributed by atoms with E-state index in [1.165, 1.54) is 96.6 Å². The average Bonchev–Trinajstić information content (AvgIpc) is 2.64. The van der Waals surface area contributed by atoms with Gasteiger partial charge in [-0.1, -0.05) is 64.2 Å². The van der Waals surface area contributed by atoms with Crippen molar-refractivity contribution < 1.29 is 23.4 Å². The van der Waals surface area contributed by atoms with Gasteiger partial charge in [0, 0.05) is 0 Å². The molecule has 2 N–H and O–H groups in total. The maximum Gasteiger partial charge on any atom is 0.469 e. The Morgan fingerprint density at radius 3 is 1.38 bits per heavy atom. The number of hydrogen-bond acceptors (Lipinski definition) is 3.